The molecular formula is C14H26N2O2. The Kier molecular flexibility index (Phi) is 3.85. The molecule has 0 saturated carbocycles. The van der Waals surface area contributed by atoms with Crippen LogP contribution in [0.1, 0.15) is 40.0 Å². The summed E-state index contributed by atoms with van der Waals surface area (Å²) in [7, 11) is 2.21. The van der Waals surface area contributed by atoms with Crippen molar-refractivity contribution < 1.29 is 9.53 Å². The Labute approximate surface area is 110 Å². The van der Waals surface area contributed by atoms with Crippen LogP contribution in [0.25, 0.3) is 0 Å². The van der Waals surface area contributed by atoms with Crippen molar-refractivity contribution in [2.75, 3.05) is 26.7 Å². The number of likely N-dealkylation sites (tertiary alicyclic amines) is 2. The van der Waals surface area contributed by atoms with E-state index in [1.165, 1.54) is 25.8 Å². The van der Waals surface area contributed by atoms with Gasteiger partial charge in [0.15, 0.2) is 0 Å². The average Bonchev–Trinajstić information content (AvgIpc) is 2.15. The molecule has 104 valence electrons. The zero-order chi connectivity index (χ0) is 13.3. The molecule has 0 aromatic heterocycles. The van der Waals surface area contributed by atoms with E-state index in [2.05, 4.69) is 11.9 Å². The number of piperidine rings is 1. The molecule has 0 bridgehead atoms. The van der Waals surface area contributed by atoms with Crippen molar-refractivity contribution in [1.29, 1.82) is 0 Å². The molecule has 2 fully saturated rings. The number of carbonyl (C=O) groups excluding carboxylic acids is 1. The van der Waals surface area contributed by atoms with Gasteiger partial charge in [-0.05, 0) is 47.2 Å². The van der Waals surface area contributed by atoms with Crippen LogP contribution in [0.4, 0.5) is 4.79 Å². The molecule has 1 unspecified atom stereocenters. The third-order valence-corrected chi connectivity index (χ3v) is 3.93. The zero-order valence-electron chi connectivity index (χ0n) is 12.1. The molecule has 0 radical (unpaired) electrons. The summed E-state index contributed by atoms with van der Waals surface area (Å²) >= 11 is 0. The summed E-state index contributed by atoms with van der Waals surface area (Å²) in [6.07, 6.45) is 3.77. The smallest absolute Gasteiger partial charge is 0.410 e. The minimum Gasteiger partial charge on any atom is -0.444 e. The van der Waals surface area contributed by atoms with Crippen LogP contribution in [0.5, 0.6) is 0 Å². The van der Waals surface area contributed by atoms with Crippen LogP contribution in [0.3, 0.4) is 0 Å². The van der Waals surface area contributed by atoms with Crippen molar-refractivity contribution >= 4 is 6.09 Å². The van der Waals surface area contributed by atoms with E-state index in [0.29, 0.717) is 12.0 Å². The minimum atomic E-state index is -0.385. The third kappa shape index (κ3) is 3.16. The van der Waals surface area contributed by atoms with Gasteiger partial charge in [-0.1, -0.05) is 6.42 Å². The van der Waals surface area contributed by atoms with Crippen LogP contribution in [0.2, 0.25) is 0 Å². The Bertz CT molecular complexity index is 305. The Morgan fingerprint density at radius 2 is 1.89 bits per heavy atom. The first kappa shape index (κ1) is 13.7. The Morgan fingerprint density at radius 1 is 1.22 bits per heavy atom. The number of nitrogens with zero attached hydrogens (tertiary/aromatic N) is 2. The van der Waals surface area contributed by atoms with Gasteiger partial charge in [-0.15, -0.1) is 0 Å². The van der Waals surface area contributed by atoms with E-state index in [1.54, 1.807) is 0 Å². The van der Waals surface area contributed by atoms with Crippen LogP contribution in [0.15, 0.2) is 0 Å². The van der Waals surface area contributed by atoms with Crippen LogP contribution in [0, 0.1) is 5.92 Å². The highest BCUT2D eigenvalue weighted by atomic mass is 16.6. The standard InChI is InChI=1S/C14H26N2O2/c1-14(2,3)18-13(17)16-9-11(10-16)12-7-5-6-8-15(12)4/h11-12H,5-10H2,1-4H3. The molecule has 0 spiro atoms. The zero-order valence-corrected chi connectivity index (χ0v) is 12.1. The van der Waals surface area contributed by atoms with Crippen LogP contribution in [-0.4, -0.2) is 54.2 Å². The first-order chi connectivity index (χ1) is 8.37. The molecule has 1 amide bonds. The highest BCUT2D eigenvalue weighted by Crippen LogP contribution is 2.29. The lowest BCUT2D eigenvalue weighted by molar-refractivity contribution is -0.0222. The van der Waals surface area contributed by atoms with E-state index in [4.69, 9.17) is 4.74 Å². The molecule has 2 rings (SSSR count). The van der Waals surface area contributed by atoms with E-state index in [0.717, 1.165) is 13.1 Å². The number of amides is 1. The number of hydrogen-bond acceptors (Lipinski definition) is 3. The summed E-state index contributed by atoms with van der Waals surface area (Å²) in [6.45, 7) is 8.67. The van der Waals surface area contributed by atoms with E-state index in [-0.39, 0.29) is 11.7 Å². The summed E-state index contributed by atoms with van der Waals surface area (Å²) in [5.41, 5.74) is -0.385. The maximum absolute atomic E-state index is 11.8. The quantitative estimate of drug-likeness (QED) is 0.720. The molecule has 2 aliphatic rings. The molecule has 2 aliphatic heterocycles. The average molecular weight is 254 g/mol. The summed E-state index contributed by atoms with van der Waals surface area (Å²) in [6, 6.07) is 0.664. The molecule has 0 aromatic carbocycles. The van der Waals surface area contributed by atoms with Gasteiger partial charge < -0.3 is 14.5 Å². The van der Waals surface area contributed by atoms with E-state index >= 15 is 0 Å². The predicted molar refractivity (Wildman–Crippen MR) is 71.6 cm³/mol. The molecule has 2 saturated heterocycles. The van der Waals surface area contributed by atoms with Gasteiger partial charge in [0.25, 0.3) is 0 Å². The highest BCUT2D eigenvalue weighted by molar-refractivity contribution is 5.69. The van der Waals surface area contributed by atoms with Crippen molar-refractivity contribution in [1.82, 2.24) is 9.80 Å². The molecule has 2 heterocycles. The highest BCUT2D eigenvalue weighted by Gasteiger charge is 2.39. The first-order valence-electron chi connectivity index (χ1n) is 7.05. The Balaban J connectivity index is 1.78. The molecular weight excluding hydrogens is 228 g/mol. The first-order valence-corrected chi connectivity index (χ1v) is 7.05. The molecule has 18 heavy (non-hydrogen) atoms. The maximum atomic E-state index is 11.8. The molecule has 0 N–H and O–H groups in total. The van der Waals surface area contributed by atoms with Crippen LogP contribution < -0.4 is 0 Å². The fraction of sp³-hybridized carbons (Fsp3) is 0.929. The number of rotatable bonds is 1. The predicted octanol–water partition coefficient (Wildman–Crippen LogP) is 2.34. The third-order valence-electron chi connectivity index (χ3n) is 3.93. The van der Waals surface area contributed by atoms with E-state index in [1.807, 2.05) is 25.7 Å². The Morgan fingerprint density at radius 3 is 2.44 bits per heavy atom. The van der Waals surface area contributed by atoms with Crippen LogP contribution in [-0.2, 0) is 4.74 Å². The molecule has 0 aromatic rings. The summed E-state index contributed by atoms with van der Waals surface area (Å²) in [5, 5.41) is 0. The van der Waals surface area contributed by atoms with E-state index in [9.17, 15) is 4.79 Å². The second kappa shape index (κ2) is 5.08. The van der Waals surface area contributed by atoms with Gasteiger partial charge in [0, 0.05) is 25.0 Å². The van der Waals surface area contributed by atoms with Gasteiger partial charge in [-0.25, -0.2) is 4.79 Å². The Hall–Kier alpha value is -0.770. The lowest BCUT2D eigenvalue weighted by Crippen LogP contribution is -2.59. The van der Waals surface area contributed by atoms with Crippen molar-refractivity contribution in [2.45, 2.75) is 51.7 Å². The largest absolute Gasteiger partial charge is 0.444 e. The monoisotopic (exact) mass is 254 g/mol. The van der Waals surface area contributed by atoms with E-state index < -0.39 is 0 Å². The fourth-order valence-corrected chi connectivity index (χ4v) is 2.93. The van der Waals surface area contributed by atoms with Gasteiger partial charge in [-0.2, -0.15) is 0 Å². The number of ether oxygens (including phenoxy) is 1. The normalized spacial score (nSPS) is 26.9. The SMILES string of the molecule is CN1CCCCC1C1CN(C(=O)OC(C)(C)C)C1. The minimum absolute atomic E-state index is 0.155. The fourth-order valence-electron chi connectivity index (χ4n) is 2.93. The number of carbonyl (C=O) groups is 1. The summed E-state index contributed by atoms with van der Waals surface area (Å²) in [5.74, 6) is 0.641. The second-order valence-corrected chi connectivity index (χ2v) is 6.69. The van der Waals surface area contributed by atoms with Crippen molar-refractivity contribution in [3.63, 3.8) is 0 Å². The lowest BCUT2D eigenvalue weighted by Gasteiger charge is -2.47. The van der Waals surface area contributed by atoms with Crippen molar-refractivity contribution in [3.8, 4) is 0 Å². The second-order valence-electron chi connectivity index (χ2n) is 6.69. The van der Waals surface area contributed by atoms with Gasteiger partial charge in [0.05, 0.1) is 0 Å². The van der Waals surface area contributed by atoms with Crippen molar-refractivity contribution in [2.24, 2.45) is 5.92 Å². The van der Waals surface area contributed by atoms with Gasteiger partial charge in [-0.3, -0.25) is 0 Å². The molecule has 4 heteroatoms. The molecule has 0 aliphatic carbocycles. The molecule has 1 atom stereocenters. The van der Waals surface area contributed by atoms with Crippen LogP contribution >= 0.6 is 0 Å². The van der Waals surface area contributed by atoms with Gasteiger partial charge in [0.1, 0.15) is 5.60 Å². The molecule has 4 nitrogen and oxygen atoms in total. The summed E-state index contributed by atoms with van der Waals surface area (Å²) in [4.78, 5) is 16.1. The van der Waals surface area contributed by atoms with Crippen molar-refractivity contribution in [3.05, 3.63) is 0 Å². The maximum Gasteiger partial charge on any atom is 0.410 e. The van der Waals surface area contributed by atoms with Gasteiger partial charge >= 0.3 is 6.09 Å². The summed E-state index contributed by atoms with van der Waals surface area (Å²) < 4.78 is 5.38. The lowest BCUT2D eigenvalue weighted by atomic mass is 9.85. The number of hydrogen-bond donors (Lipinski definition) is 0. The van der Waals surface area contributed by atoms with Gasteiger partial charge in [0.2, 0.25) is 0 Å². The topological polar surface area (TPSA) is 32.8 Å².